The van der Waals surface area contributed by atoms with Crippen molar-refractivity contribution in [2.24, 2.45) is 0 Å². The van der Waals surface area contributed by atoms with Crippen LogP contribution in [0.5, 0.6) is 5.75 Å². The quantitative estimate of drug-likeness (QED) is 0.696. The molecule has 0 fully saturated rings. The van der Waals surface area contributed by atoms with Crippen molar-refractivity contribution in [1.82, 2.24) is 10.2 Å². The minimum absolute atomic E-state index is 0.0699. The maximum Gasteiger partial charge on any atom is 0.336 e. The summed E-state index contributed by atoms with van der Waals surface area (Å²) in [6, 6.07) is 5.30. The second-order valence-electron chi connectivity index (χ2n) is 6.70. The number of unbranched alkanes of at least 4 members (excludes halogenated alkanes) is 1. The van der Waals surface area contributed by atoms with Crippen molar-refractivity contribution in [2.45, 2.75) is 33.1 Å². The predicted octanol–water partition coefficient (Wildman–Crippen LogP) is 2.50. The third-order valence-corrected chi connectivity index (χ3v) is 4.24. The smallest absolute Gasteiger partial charge is 0.336 e. The topological polar surface area (TPSA) is 71.8 Å². The second-order valence-corrected chi connectivity index (χ2v) is 6.70. The van der Waals surface area contributed by atoms with Crippen molar-refractivity contribution in [3.63, 3.8) is 0 Å². The molecule has 6 heteroatoms. The normalized spacial score (nSPS) is 11.1. The van der Waals surface area contributed by atoms with Crippen molar-refractivity contribution in [2.75, 3.05) is 33.8 Å². The van der Waals surface area contributed by atoms with E-state index in [1.165, 1.54) is 0 Å². The number of carbonyl (C=O) groups excluding carboxylic acids is 1. The number of likely N-dealkylation sites (N-methyl/N-ethyl adjacent to an activating group) is 1. The summed E-state index contributed by atoms with van der Waals surface area (Å²) >= 11 is 0. The first-order valence-corrected chi connectivity index (χ1v) is 9.03. The van der Waals surface area contributed by atoms with Gasteiger partial charge in [-0.25, -0.2) is 4.79 Å². The van der Waals surface area contributed by atoms with E-state index in [0.717, 1.165) is 42.3 Å². The molecule has 0 spiro atoms. The van der Waals surface area contributed by atoms with Crippen LogP contribution in [0.1, 0.15) is 30.9 Å². The fraction of sp³-hybridized carbons (Fsp3) is 0.500. The fourth-order valence-electron chi connectivity index (χ4n) is 2.75. The molecule has 0 radical (unpaired) electrons. The third-order valence-electron chi connectivity index (χ3n) is 4.24. The largest absolute Gasteiger partial charge is 0.483 e. The van der Waals surface area contributed by atoms with Crippen molar-refractivity contribution in [1.29, 1.82) is 0 Å². The number of nitrogens with one attached hydrogen (secondary N) is 1. The zero-order chi connectivity index (χ0) is 19.1. The van der Waals surface area contributed by atoms with Gasteiger partial charge in [-0.2, -0.15) is 0 Å². The zero-order valence-corrected chi connectivity index (χ0v) is 16.1. The minimum atomic E-state index is -0.356. The molecule has 0 bridgehead atoms. The van der Waals surface area contributed by atoms with Crippen LogP contribution in [0.4, 0.5) is 0 Å². The Morgan fingerprint density at radius 1 is 1.31 bits per heavy atom. The van der Waals surface area contributed by atoms with Crippen LogP contribution in [0.25, 0.3) is 11.0 Å². The lowest BCUT2D eigenvalue weighted by Gasteiger charge is -2.13. The number of ether oxygens (including phenoxy) is 1. The standard InChI is InChI=1S/C20H28N2O4/c1-5-6-7-15-12-19(24)26-20-14(2)17(9-8-16(15)20)25-13-18(23)21-10-11-22(3)4/h8-9,12H,5-7,10-11,13H2,1-4H3,(H,21,23). The molecule has 26 heavy (non-hydrogen) atoms. The highest BCUT2D eigenvalue weighted by molar-refractivity contribution is 5.85. The summed E-state index contributed by atoms with van der Waals surface area (Å²) in [6.45, 7) is 5.23. The van der Waals surface area contributed by atoms with Crippen LogP contribution in [0.3, 0.4) is 0 Å². The molecule has 0 aliphatic carbocycles. The second kappa shape index (κ2) is 9.38. The molecule has 0 aliphatic rings. The first-order valence-electron chi connectivity index (χ1n) is 9.03. The van der Waals surface area contributed by atoms with E-state index >= 15 is 0 Å². The Bertz CT molecular complexity index is 811. The molecule has 1 aromatic heterocycles. The molecule has 142 valence electrons. The Morgan fingerprint density at radius 2 is 2.08 bits per heavy atom. The van der Waals surface area contributed by atoms with Gasteiger partial charge >= 0.3 is 5.63 Å². The van der Waals surface area contributed by atoms with Crippen LogP contribution in [0.2, 0.25) is 0 Å². The lowest BCUT2D eigenvalue weighted by molar-refractivity contribution is -0.123. The molecule has 1 aromatic carbocycles. The van der Waals surface area contributed by atoms with E-state index in [0.29, 0.717) is 17.9 Å². The van der Waals surface area contributed by atoms with Crippen LogP contribution >= 0.6 is 0 Å². The average molecular weight is 360 g/mol. The van der Waals surface area contributed by atoms with Crippen LogP contribution in [-0.2, 0) is 11.2 Å². The number of aryl methyl sites for hydroxylation is 2. The number of benzene rings is 1. The van der Waals surface area contributed by atoms with Crippen LogP contribution in [0, 0.1) is 6.92 Å². The van der Waals surface area contributed by atoms with Crippen molar-refractivity contribution in [3.8, 4) is 5.75 Å². The highest BCUT2D eigenvalue weighted by atomic mass is 16.5. The molecule has 2 rings (SSSR count). The molecule has 1 heterocycles. The van der Waals surface area contributed by atoms with E-state index in [1.54, 1.807) is 6.07 Å². The summed E-state index contributed by atoms with van der Waals surface area (Å²) in [5.41, 5.74) is 1.91. The van der Waals surface area contributed by atoms with Gasteiger partial charge in [-0.05, 0) is 51.6 Å². The van der Waals surface area contributed by atoms with E-state index in [1.807, 2.05) is 38.1 Å². The Kier molecular flexibility index (Phi) is 7.21. The molecule has 0 aliphatic heterocycles. The monoisotopic (exact) mass is 360 g/mol. The molecule has 0 unspecified atom stereocenters. The molecule has 0 saturated carbocycles. The SMILES string of the molecule is CCCCc1cc(=O)oc2c(C)c(OCC(=O)NCCN(C)C)ccc12. The van der Waals surface area contributed by atoms with Gasteiger partial charge < -0.3 is 19.4 Å². The number of fused-ring (bicyclic) bond motifs is 1. The van der Waals surface area contributed by atoms with Gasteiger partial charge in [-0.3, -0.25) is 4.79 Å². The highest BCUT2D eigenvalue weighted by Gasteiger charge is 2.13. The summed E-state index contributed by atoms with van der Waals surface area (Å²) in [5.74, 6) is 0.376. The van der Waals surface area contributed by atoms with E-state index in [-0.39, 0.29) is 18.1 Å². The summed E-state index contributed by atoms with van der Waals surface area (Å²) in [4.78, 5) is 25.8. The molecule has 1 N–H and O–H groups in total. The molecule has 6 nitrogen and oxygen atoms in total. The van der Waals surface area contributed by atoms with Crippen molar-refractivity contribution in [3.05, 3.63) is 39.7 Å². The number of carbonyl (C=O) groups is 1. The number of hydrogen-bond donors (Lipinski definition) is 1. The van der Waals surface area contributed by atoms with Crippen molar-refractivity contribution >= 4 is 16.9 Å². The van der Waals surface area contributed by atoms with Gasteiger partial charge in [-0.1, -0.05) is 13.3 Å². The van der Waals surface area contributed by atoms with E-state index in [2.05, 4.69) is 12.2 Å². The Hall–Kier alpha value is -2.34. The fourth-order valence-corrected chi connectivity index (χ4v) is 2.75. The number of nitrogens with zero attached hydrogens (tertiary/aromatic N) is 1. The summed E-state index contributed by atoms with van der Waals surface area (Å²) in [7, 11) is 3.90. The van der Waals surface area contributed by atoms with Crippen LogP contribution < -0.4 is 15.7 Å². The van der Waals surface area contributed by atoms with Crippen molar-refractivity contribution < 1.29 is 13.9 Å². The summed E-state index contributed by atoms with van der Waals surface area (Å²) < 4.78 is 11.0. The molecule has 1 amide bonds. The Balaban J connectivity index is 2.13. The molecule has 0 saturated heterocycles. The first-order chi connectivity index (χ1) is 12.4. The zero-order valence-electron chi connectivity index (χ0n) is 16.1. The van der Waals surface area contributed by atoms with E-state index in [4.69, 9.17) is 9.15 Å². The van der Waals surface area contributed by atoms with E-state index in [9.17, 15) is 9.59 Å². The van der Waals surface area contributed by atoms with E-state index < -0.39 is 0 Å². The summed E-state index contributed by atoms with van der Waals surface area (Å²) in [5, 5.41) is 3.73. The molecule has 0 atom stereocenters. The van der Waals surface area contributed by atoms with Gasteiger partial charge in [0.05, 0.1) is 0 Å². The lowest BCUT2D eigenvalue weighted by Crippen LogP contribution is -2.34. The molecular weight excluding hydrogens is 332 g/mol. The van der Waals surface area contributed by atoms with Gasteiger partial charge in [0.2, 0.25) is 0 Å². The maximum atomic E-state index is 11.9. The van der Waals surface area contributed by atoms with Gasteiger partial charge in [0.15, 0.2) is 6.61 Å². The van der Waals surface area contributed by atoms with Crippen LogP contribution in [0.15, 0.2) is 27.4 Å². The van der Waals surface area contributed by atoms with Gasteiger partial charge in [0, 0.05) is 30.1 Å². The summed E-state index contributed by atoms with van der Waals surface area (Å²) in [6.07, 6.45) is 2.92. The lowest BCUT2D eigenvalue weighted by atomic mass is 10.0. The number of hydrogen-bond acceptors (Lipinski definition) is 5. The van der Waals surface area contributed by atoms with Crippen LogP contribution in [-0.4, -0.2) is 44.6 Å². The Morgan fingerprint density at radius 3 is 2.77 bits per heavy atom. The first kappa shape index (κ1) is 20.0. The minimum Gasteiger partial charge on any atom is -0.483 e. The molecule has 2 aromatic rings. The van der Waals surface area contributed by atoms with Gasteiger partial charge in [0.25, 0.3) is 5.91 Å². The van der Waals surface area contributed by atoms with Gasteiger partial charge in [0.1, 0.15) is 11.3 Å². The number of amides is 1. The Labute approximate surface area is 154 Å². The maximum absolute atomic E-state index is 11.9. The number of rotatable bonds is 9. The molecular formula is C20H28N2O4. The third kappa shape index (κ3) is 5.33. The predicted molar refractivity (Wildman–Crippen MR) is 103 cm³/mol. The highest BCUT2D eigenvalue weighted by Crippen LogP contribution is 2.29. The van der Waals surface area contributed by atoms with Gasteiger partial charge in [-0.15, -0.1) is 0 Å². The average Bonchev–Trinajstić information content (AvgIpc) is 2.59.